The molecule has 0 spiro atoms. The molecule has 0 unspecified atom stereocenters. The van der Waals surface area contributed by atoms with Crippen LogP contribution in [0.15, 0.2) is 71.4 Å². The number of sulfonamides is 1. The van der Waals surface area contributed by atoms with Gasteiger partial charge in [0.05, 0.1) is 10.6 Å². The third-order valence-corrected chi connectivity index (χ3v) is 4.42. The first-order valence-electron chi connectivity index (χ1n) is 6.88. The third-order valence-electron chi connectivity index (χ3n) is 3.02. The van der Waals surface area contributed by atoms with Crippen LogP contribution in [0, 0.1) is 5.41 Å². The van der Waals surface area contributed by atoms with Crippen molar-refractivity contribution in [1.82, 2.24) is 5.32 Å². The summed E-state index contributed by atoms with van der Waals surface area (Å²) in [5, 5.41) is 9.52. The van der Waals surface area contributed by atoms with E-state index in [9.17, 15) is 13.2 Å². The van der Waals surface area contributed by atoms with Gasteiger partial charge >= 0.3 is 0 Å². The van der Waals surface area contributed by atoms with E-state index >= 15 is 0 Å². The molecule has 2 aromatic carbocycles. The van der Waals surface area contributed by atoms with Crippen molar-refractivity contribution < 1.29 is 13.2 Å². The topological polar surface area (TPSA) is 125 Å². The fourth-order valence-electron chi connectivity index (χ4n) is 1.87. The Morgan fingerprint density at radius 2 is 1.79 bits per heavy atom. The van der Waals surface area contributed by atoms with E-state index < -0.39 is 15.9 Å². The second kappa shape index (κ2) is 7.42. The van der Waals surface area contributed by atoms with Crippen molar-refractivity contribution in [3.8, 4) is 0 Å². The van der Waals surface area contributed by atoms with Gasteiger partial charge in [-0.1, -0.05) is 24.3 Å². The maximum atomic E-state index is 12.3. The van der Waals surface area contributed by atoms with Gasteiger partial charge in [0.25, 0.3) is 15.9 Å². The predicted molar refractivity (Wildman–Crippen MR) is 92.2 cm³/mol. The maximum absolute atomic E-state index is 12.3. The van der Waals surface area contributed by atoms with Gasteiger partial charge in [0.15, 0.2) is 0 Å². The minimum Gasteiger partial charge on any atom is -0.403 e. The molecule has 24 heavy (non-hydrogen) atoms. The fourth-order valence-corrected chi connectivity index (χ4v) is 2.94. The SMILES string of the molecule is N=C/C(=C\N)NC(=O)c1cccc(NS(=O)(=O)c2ccccc2)c1. The quantitative estimate of drug-likeness (QED) is 0.595. The smallest absolute Gasteiger partial charge is 0.261 e. The zero-order valence-electron chi connectivity index (χ0n) is 12.6. The minimum absolute atomic E-state index is 0.122. The predicted octanol–water partition coefficient (Wildman–Crippen LogP) is 1.67. The Bertz CT molecular complexity index is 877. The second-order valence-corrected chi connectivity index (χ2v) is 6.40. The number of amides is 1. The van der Waals surface area contributed by atoms with Crippen molar-refractivity contribution in [3.63, 3.8) is 0 Å². The molecule has 2 rings (SSSR count). The lowest BCUT2D eigenvalue weighted by atomic mass is 10.2. The molecule has 7 nitrogen and oxygen atoms in total. The van der Waals surface area contributed by atoms with E-state index in [4.69, 9.17) is 11.1 Å². The van der Waals surface area contributed by atoms with Crippen molar-refractivity contribution in [2.75, 3.05) is 4.72 Å². The highest BCUT2D eigenvalue weighted by molar-refractivity contribution is 7.92. The van der Waals surface area contributed by atoms with Gasteiger partial charge in [-0.2, -0.15) is 0 Å². The van der Waals surface area contributed by atoms with E-state index in [1.54, 1.807) is 24.3 Å². The van der Waals surface area contributed by atoms with Gasteiger partial charge in [-0.3, -0.25) is 9.52 Å². The Morgan fingerprint density at radius 3 is 2.42 bits per heavy atom. The van der Waals surface area contributed by atoms with Crippen LogP contribution in [0.25, 0.3) is 0 Å². The number of carbonyl (C=O) groups excluding carboxylic acids is 1. The molecule has 0 radical (unpaired) electrons. The number of rotatable bonds is 6. The summed E-state index contributed by atoms with van der Waals surface area (Å²) in [7, 11) is -3.74. The number of benzene rings is 2. The Morgan fingerprint density at radius 1 is 1.08 bits per heavy atom. The molecule has 0 fully saturated rings. The van der Waals surface area contributed by atoms with Gasteiger partial charge in [-0.15, -0.1) is 0 Å². The number of carbonyl (C=O) groups is 1. The lowest BCUT2D eigenvalue weighted by Crippen LogP contribution is -2.24. The van der Waals surface area contributed by atoms with Crippen molar-refractivity contribution in [3.05, 3.63) is 72.1 Å². The van der Waals surface area contributed by atoms with E-state index in [1.807, 2.05) is 0 Å². The molecule has 5 N–H and O–H groups in total. The zero-order chi connectivity index (χ0) is 17.6. The number of hydrogen-bond donors (Lipinski definition) is 4. The van der Waals surface area contributed by atoms with Gasteiger partial charge in [0.1, 0.15) is 0 Å². The number of hydrogen-bond acceptors (Lipinski definition) is 5. The summed E-state index contributed by atoms with van der Waals surface area (Å²) in [4.78, 5) is 12.2. The summed E-state index contributed by atoms with van der Waals surface area (Å²) >= 11 is 0. The first-order valence-corrected chi connectivity index (χ1v) is 8.36. The van der Waals surface area contributed by atoms with E-state index in [0.29, 0.717) is 0 Å². The molecular formula is C16H16N4O3S. The van der Waals surface area contributed by atoms with E-state index in [0.717, 1.165) is 12.4 Å². The van der Waals surface area contributed by atoms with Gasteiger partial charge < -0.3 is 16.5 Å². The summed E-state index contributed by atoms with van der Waals surface area (Å²) in [6, 6.07) is 13.9. The van der Waals surface area contributed by atoms with Crippen LogP contribution in [0.4, 0.5) is 5.69 Å². The van der Waals surface area contributed by atoms with Crippen LogP contribution < -0.4 is 15.8 Å². The molecule has 2 aromatic rings. The summed E-state index contributed by atoms with van der Waals surface area (Å²) in [5.41, 5.74) is 5.88. The molecule has 0 aliphatic rings. The first kappa shape index (κ1) is 17.2. The monoisotopic (exact) mass is 344 g/mol. The molecule has 0 aliphatic heterocycles. The standard InChI is InChI=1S/C16H16N4O3S/c17-10-14(11-18)19-16(21)12-5-4-6-13(9-12)20-24(22,23)15-7-2-1-3-8-15/h1-11,17,20H,18H2,(H,19,21)/b14-11+,17-10?. The van der Waals surface area contributed by atoms with Crippen molar-refractivity contribution >= 4 is 27.8 Å². The molecule has 0 aliphatic carbocycles. The Kier molecular flexibility index (Phi) is 5.33. The minimum atomic E-state index is -3.74. The normalized spacial score (nSPS) is 11.6. The van der Waals surface area contributed by atoms with Crippen LogP contribution in [0.3, 0.4) is 0 Å². The van der Waals surface area contributed by atoms with E-state index in [-0.39, 0.29) is 21.8 Å². The third kappa shape index (κ3) is 4.20. The van der Waals surface area contributed by atoms with Crippen LogP contribution >= 0.6 is 0 Å². The molecule has 1 amide bonds. The second-order valence-electron chi connectivity index (χ2n) is 4.72. The maximum Gasteiger partial charge on any atom is 0.261 e. The van der Waals surface area contributed by atoms with Crippen LogP contribution in [-0.4, -0.2) is 20.5 Å². The van der Waals surface area contributed by atoms with Gasteiger partial charge in [-0.25, -0.2) is 8.42 Å². The van der Waals surface area contributed by atoms with Gasteiger partial charge in [-0.05, 0) is 30.3 Å². The Labute approximate surface area is 139 Å². The van der Waals surface area contributed by atoms with Gasteiger partial charge in [0.2, 0.25) is 0 Å². The highest BCUT2D eigenvalue weighted by atomic mass is 32.2. The molecule has 124 valence electrons. The van der Waals surface area contributed by atoms with Gasteiger partial charge in [0, 0.05) is 23.7 Å². The van der Waals surface area contributed by atoms with Crippen LogP contribution in [0.2, 0.25) is 0 Å². The van der Waals surface area contributed by atoms with Crippen LogP contribution in [0.5, 0.6) is 0 Å². The molecule has 8 heteroatoms. The molecule has 0 saturated heterocycles. The molecule has 0 bridgehead atoms. The van der Waals surface area contributed by atoms with Crippen molar-refractivity contribution in [2.45, 2.75) is 4.90 Å². The lowest BCUT2D eigenvalue weighted by molar-refractivity contribution is 0.0968. The Balaban J connectivity index is 2.22. The first-order chi connectivity index (χ1) is 11.5. The Hall–Kier alpha value is -3.13. The summed E-state index contributed by atoms with van der Waals surface area (Å²) < 4.78 is 27.0. The average Bonchev–Trinajstić information content (AvgIpc) is 2.60. The van der Waals surface area contributed by atoms with Crippen LogP contribution in [0.1, 0.15) is 10.4 Å². The number of allylic oxidation sites excluding steroid dienone is 1. The largest absolute Gasteiger partial charge is 0.403 e. The zero-order valence-corrected chi connectivity index (χ0v) is 13.4. The van der Waals surface area contributed by atoms with Crippen LogP contribution in [-0.2, 0) is 10.0 Å². The fraction of sp³-hybridized carbons (Fsp3) is 0. The van der Waals surface area contributed by atoms with E-state index in [1.165, 1.54) is 30.3 Å². The van der Waals surface area contributed by atoms with Crippen molar-refractivity contribution in [2.24, 2.45) is 5.73 Å². The number of nitrogens with one attached hydrogen (secondary N) is 3. The molecule has 0 aromatic heterocycles. The lowest BCUT2D eigenvalue weighted by Gasteiger charge is -2.10. The average molecular weight is 344 g/mol. The van der Waals surface area contributed by atoms with E-state index in [2.05, 4.69) is 10.0 Å². The summed E-state index contributed by atoms with van der Waals surface area (Å²) in [6.07, 6.45) is 1.99. The summed E-state index contributed by atoms with van der Waals surface area (Å²) in [6.45, 7) is 0. The summed E-state index contributed by atoms with van der Waals surface area (Å²) in [5.74, 6) is -0.504. The molecule has 0 heterocycles. The molecule has 0 saturated carbocycles. The van der Waals surface area contributed by atoms with Crippen molar-refractivity contribution in [1.29, 1.82) is 5.41 Å². The highest BCUT2D eigenvalue weighted by Gasteiger charge is 2.14. The highest BCUT2D eigenvalue weighted by Crippen LogP contribution is 2.17. The number of nitrogens with two attached hydrogens (primary N) is 1. The molecular weight excluding hydrogens is 328 g/mol. The number of anilines is 1. The molecule has 0 atom stereocenters.